The van der Waals surface area contributed by atoms with Gasteiger partial charge in [0.15, 0.2) is 4.96 Å². The molecule has 2 heterocycles. The summed E-state index contributed by atoms with van der Waals surface area (Å²) in [5, 5.41) is 11.3. The molecule has 5 rings (SSSR count). The van der Waals surface area contributed by atoms with E-state index in [-0.39, 0.29) is 16.3 Å². The first-order valence-corrected chi connectivity index (χ1v) is 11.1. The number of alkyl halides is 3. The quantitative estimate of drug-likeness (QED) is 0.221. The molecule has 12 heteroatoms. The van der Waals surface area contributed by atoms with Crippen LogP contribution >= 0.6 is 22.9 Å². The Bertz CT molecular complexity index is 1750. The van der Waals surface area contributed by atoms with Gasteiger partial charge in [-0.15, -0.1) is 0 Å². The number of imidazole rings is 1. The first-order valence-electron chi connectivity index (χ1n) is 9.86. The van der Waals surface area contributed by atoms with Crippen LogP contribution in [0.5, 0.6) is 11.5 Å². The molecule has 0 fully saturated rings. The van der Waals surface area contributed by atoms with Crippen LogP contribution in [0.15, 0.2) is 65.5 Å². The molecule has 0 saturated heterocycles. The van der Waals surface area contributed by atoms with Crippen molar-refractivity contribution in [3.8, 4) is 11.5 Å². The van der Waals surface area contributed by atoms with Gasteiger partial charge in [0.05, 0.1) is 31.1 Å². The van der Waals surface area contributed by atoms with Gasteiger partial charge in [-0.2, -0.15) is 13.2 Å². The van der Waals surface area contributed by atoms with Gasteiger partial charge >= 0.3 is 11.9 Å². The Labute approximate surface area is 202 Å². The third-order valence-corrected chi connectivity index (χ3v) is 6.37. The third-order valence-electron chi connectivity index (χ3n) is 5.10. The van der Waals surface area contributed by atoms with E-state index in [9.17, 15) is 28.1 Å². The summed E-state index contributed by atoms with van der Waals surface area (Å²) < 4.78 is 46.1. The number of nitro benzene ring substituents is 1. The minimum atomic E-state index is -4.74. The molecule has 2 aromatic heterocycles. The Hall–Kier alpha value is -3.96. The lowest BCUT2D eigenvalue weighted by Crippen LogP contribution is -2.22. The maximum absolute atomic E-state index is 12.9. The number of para-hydroxylation sites is 2. The normalized spacial score (nSPS) is 12.5. The number of aromatic nitrogens is 2. The van der Waals surface area contributed by atoms with E-state index in [1.165, 1.54) is 27.9 Å². The fourth-order valence-corrected chi connectivity index (χ4v) is 4.71. The highest BCUT2D eigenvalue weighted by Crippen LogP contribution is 2.39. The van der Waals surface area contributed by atoms with E-state index in [1.807, 2.05) is 18.2 Å². The summed E-state index contributed by atoms with van der Waals surface area (Å²) in [6.07, 6.45) is -3.12. The van der Waals surface area contributed by atoms with E-state index in [1.54, 1.807) is 18.2 Å². The van der Waals surface area contributed by atoms with Crippen LogP contribution in [0.25, 0.3) is 22.1 Å². The molecule has 0 aliphatic rings. The number of hydrogen-bond donors (Lipinski definition) is 0. The summed E-state index contributed by atoms with van der Waals surface area (Å²) in [5.41, 5.74) is -0.300. The van der Waals surface area contributed by atoms with Crippen molar-refractivity contribution >= 4 is 50.7 Å². The van der Waals surface area contributed by atoms with Crippen molar-refractivity contribution in [1.82, 2.24) is 9.38 Å². The monoisotopic (exact) mass is 517 g/mol. The van der Waals surface area contributed by atoms with Crippen LogP contribution in [0.2, 0.25) is 5.02 Å². The highest BCUT2D eigenvalue weighted by molar-refractivity contribution is 7.15. The number of thiazole rings is 1. The Morgan fingerprint density at radius 2 is 1.83 bits per heavy atom. The maximum Gasteiger partial charge on any atom is 0.416 e. The van der Waals surface area contributed by atoms with Gasteiger partial charge in [0.25, 0.3) is 5.56 Å². The zero-order valence-corrected chi connectivity index (χ0v) is 18.8. The first-order chi connectivity index (χ1) is 16.6. The molecule has 0 aliphatic carbocycles. The minimum Gasteiger partial charge on any atom is -0.449 e. The second kappa shape index (κ2) is 8.36. The average Bonchev–Trinajstić information content (AvgIpc) is 3.31. The molecule has 0 radical (unpaired) electrons. The van der Waals surface area contributed by atoms with Crippen LogP contribution < -0.4 is 14.8 Å². The highest BCUT2D eigenvalue weighted by Gasteiger charge is 2.33. The van der Waals surface area contributed by atoms with Gasteiger partial charge in [-0.3, -0.25) is 14.9 Å². The summed E-state index contributed by atoms with van der Waals surface area (Å²) in [7, 11) is 0. The summed E-state index contributed by atoms with van der Waals surface area (Å²) >= 11 is 7.48. The van der Waals surface area contributed by atoms with Crippen LogP contribution in [-0.4, -0.2) is 14.3 Å². The zero-order valence-electron chi connectivity index (χ0n) is 17.2. The van der Waals surface area contributed by atoms with Crippen LogP contribution in [-0.2, 0) is 6.18 Å². The molecule has 0 bridgehead atoms. The molecule has 7 nitrogen and oxygen atoms in total. The Morgan fingerprint density at radius 1 is 1.09 bits per heavy atom. The second-order valence-electron chi connectivity index (χ2n) is 7.36. The van der Waals surface area contributed by atoms with Crippen molar-refractivity contribution < 1.29 is 22.8 Å². The van der Waals surface area contributed by atoms with Gasteiger partial charge in [-0.05, 0) is 48.0 Å². The molecule has 3 aromatic carbocycles. The predicted molar refractivity (Wildman–Crippen MR) is 125 cm³/mol. The van der Waals surface area contributed by atoms with Crippen LogP contribution in [0, 0.1) is 10.1 Å². The van der Waals surface area contributed by atoms with Gasteiger partial charge in [-0.25, -0.2) is 9.38 Å². The summed E-state index contributed by atoms with van der Waals surface area (Å²) in [4.78, 5) is 28.2. The van der Waals surface area contributed by atoms with Crippen molar-refractivity contribution in [3.63, 3.8) is 0 Å². The van der Waals surface area contributed by atoms with E-state index in [2.05, 4.69) is 4.98 Å². The Kier molecular flexibility index (Phi) is 5.45. The second-order valence-corrected chi connectivity index (χ2v) is 8.78. The molecule has 0 N–H and O–H groups in total. The zero-order chi connectivity index (χ0) is 24.9. The molecular formula is C23H11ClF3N3O4S. The number of nitro groups is 1. The topological polar surface area (TPSA) is 86.7 Å². The lowest BCUT2D eigenvalue weighted by Gasteiger charge is -2.11. The van der Waals surface area contributed by atoms with Gasteiger partial charge < -0.3 is 4.74 Å². The van der Waals surface area contributed by atoms with Crippen molar-refractivity contribution in [2.24, 2.45) is 0 Å². The molecule has 35 heavy (non-hydrogen) atoms. The summed E-state index contributed by atoms with van der Waals surface area (Å²) in [5.74, 6) is -0.393. The number of nitrogens with zero attached hydrogens (tertiary/aromatic N) is 3. The number of halogens is 4. The first kappa shape index (κ1) is 22.8. The fourth-order valence-electron chi connectivity index (χ4n) is 3.49. The van der Waals surface area contributed by atoms with Gasteiger partial charge in [0.1, 0.15) is 5.75 Å². The molecule has 0 amide bonds. The fraction of sp³-hybridized carbons (Fsp3) is 0.0435. The number of rotatable bonds is 4. The number of ether oxygens (including phenoxy) is 1. The van der Waals surface area contributed by atoms with Crippen molar-refractivity contribution in [3.05, 3.63) is 102 Å². The molecule has 0 spiro atoms. The van der Waals surface area contributed by atoms with E-state index in [4.69, 9.17) is 16.3 Å². The van der Waals surface area contributed by atoms with Crippen molar-refractivity contribution in [2.75, 3.05) is 0 Å². The number of fused-ring (bicyclic) bond motifs is 3. The largest absolute Gasteiger partial charge is 0.449 e. The van der Waals surface area contributed by atoms with E-state index >= 15 is 0 Å². The molecule has 176 valence electrons. The molecule has 5 aromatic rings. The Balaban J connectivity index is 1.49. The average molecular weight is 518 g/mol. The maximum atomic E-state index is 12.9. The number of hydrogen-bond acceptors (Lipinski definition) is 6. The standard InChI is InChI=1S/C23H11ClF3N3O4S/c24-14-9-12(10-20-21(31)29-16-4-2-1-3-15(16)28-22(29)35-20)5-7-18(14)34-19-8-6-13(23(25,26)27)11-17(19)30(32)33/h1-11H/b20-10-. The molecule has 0 aliphatic heterocycles. The van der Waals surface area contributed by atoms with Gasteiger partial charge in [0, 0.05) is 6.07 Å². The molecule has 0 atom stereocenters. The van der Waals surface area contributed by atoms with Gasteiger partial charge in [-0.1, -0.05) is 41.1 Å². The summed E-state index contributed by atoms with van der Waals surface area (Å²) in [6.45, 7) is 0. The van der Waals surface area contributed by atoms with Crippen LogP contribution in [0.3, 0.4) is 0 Å². The lowest BCUT2D eigenvalue weighted by atomic mass is 10.1. The molecule has 0 saturated carbocycles. The lowest BCUT2D eigenvalue weighted by molar-refractivity contribution is -0.385. The molecular weight excluding hydrogens is 507 g/mol. The number of benzene rings is 3. The summed E-state index contributed by atoms with van der Waals surface area (Å²) in [6, 6.07) is 13.7. The van der Waals surface area contributed by atoms with Crippen LogP contribution in [0.4, 0.5) is 18.9 Å². The van der Waals surface area contributed by atoms with E-state index < -0.39 is 28.1 Å². The third kappa shape index (κ3) is 4.19. The van der Waals surface area contributed by atoms with Gasteiger partial charge in [0.2, 0.25) is 5.75 Å². The predicted octanol–water partition coefficient (Wildman–Crippen LogP) is 5.83. The van der Waals surface area contributed by atoms with E-state index in [0.29, 0.717) is 38.2 Å². The molecule has 0 unspecified atom stereocenters. The van der Waals surface area contributed by atoms with Crippen molar-refractivity contribution in [1.29, 1.82) is 0 Å². The Morgan fingerprint density at radius 3 is 2.54 bits per heavy atom. The SMILES string of the molecule is O=c1/c(=C/c2ccc(Oc3ccc(C(F)(F)F)cc3[N+](=O)[O-])c(Cl)c2)sc2nc3ccccc3n12. The smallest absolute Gasteiger partial charge is 0.416 e. The minimum absolute atomic E-state index is 0.000925. The van der Waals surface area contributed by atoms with Crippen molar-refractivity contribution in [2.45, 2.75) is 6.18 Å². The van der Waals surface area contributed by atoms with Crippen LogP contribution in [0.1, 0.15) is 11.1 Å². The highest BCUT2D eigenvalue weighted by atomic mass is 35.5. The van der Waals surface area contributed by atoms with E-state index in [0.717, 1.165) is 6.07 Å².